The minimum absolute atomic E-state index is 0.584. The Hall–Kier alpha value is -2.17. The van der Waals surface area contributed by atoms with Crippen molar-refractivity contribution in [1.29, 1.82) is 0 Å². The van der Waals surface area contributed by atoms with Crippen LogP contribution < -0.4 is 9.47 Å². The van der Waals surface area contributed by atoms with Crippen LogP contribution in [0.5, 0.6) is 11.8 Å². The van der Waals surface area contributed by atoms with Gasteiger partial charge in [0.05, 0.1) is 18.9 Å². The molecule has 0 saturated heterocycles. The van der Waals surface area contributed by atoms with Crippen molar-refractivity contribution in [3.8, 4) is 23.0 Å². The number of pyridine rings is 1. The Balaban J connectivity index is 1.60. The van der Waals surface area contributed by atoms with Crippen LogP contribution in [0.25, 0.3) is 11.3 Å². The third-order valence-corrected chi connectivity index (χ3v) is 5.67. The molecule has 2 aromatic rings. The Labute approximate surface area is 195 Å². The van der Waals surface area contributed by atoms with Crippen LogP contribution in [-0.2, 0) is 0 Å². The Kier molecular flexibility index (Phi) is 14.2. The SMILES string of the molecule is CCCCCCCCCCOc1ccc(-c2ccc(OCCCCCCCC)nn2)cn1. The lowest BCUT2D eigenvalue weighted by Crippen LogP contribution is -2.01. The van der Waals surface area contributed by atoms with Gasteiger partial charge in [-0.25, -0.2) is 4.98 Å². The van der Waals surface area contributed by atoms with Crippen molar-refractivity contribution < 1.29 is 9.47 Å². The van der Waals surface area contributed by atoms with E-state index in [4.69, 9.17) is 9.47 Å². The van der Waals surface area contributed by atoms with E-state index in [-0.39, 0.29) is 0 Å². The highest BCUT2D eigenvalue weighted by Gasteiger charge is 2.04. The molecule has 0 amide bonds. The molecule has 2 heterocycles. The fraction of sp³-hybridized carbons (Fsp3) is 0.667. The van der Waals surface area contributed by atoms with Gasteiger partial charge in [-0.2, -0.15) is 0 Å². The third kappa shape index (κ3) is 11.4. The first-order valence-corrected chi connectivity index (χ1v) is 12.9. The van der Waals surface area contributed by atoms with Crippen molar-refractivity contribution >= 4 is 0 Å². The van der Waals surface area contributed by atoms with Gasteiger partial charge in [0.2, 0.25) is 11.8 Å². The van der Waals surface area contributed by atoms with E-state index in [1.54, 1.807) is 6.20 Å². The van der Waals surface area contributed by atoms with Crippen molar-refractivity contribution in [2.24, 2.45) is 0 Å². The van der Waals surface area contributed by atoms with Gasteiger partial charge in [0.15, 0.2) is 0 Å². The second kappa shape index (κ2) is 17.4. The van der Waals surface area contributed by atoms with Crippen molar-refractivity contribution in [2.45, 2.75) is 104 Å². The van der Waals surface area contributed by atoms with Crippen LogP contribution in [0.15, 0.2) is 30.5 Å². The van der Waals surface area contributed by atoms with Crippen molar-refractivity contribution in [1.82, 2.24) is 15.2 Å². The van der Waals surface area contributed by atoms with Crippen molar-refractivity contribution in [3.05, 3.63) is 30.5 Å². The summed E-state index contributed by atoms with van der Waals surface area (Å²) in [6.07, 6.45) is 19.7. The van der Waals surface area contributed by atoms with Gasteiger partial charge in [0.25, 0.3) is 0 Å². The quantitative estimate of drug-likeness (QED) is 0.208. The maximum atomic E-state index is 5.78. The first-order chi connectivity index (χ1) is 15.8. The van der Waals surface area contributed by atoms with Crippen LogP contribution in [0, 0.1) is 0 Å². The summed E-state index contributed by atoms with van der Waals surface area (Å²) in [5.41, 5.74) is 1.72. The molecule has 0 aliphatic rings. The van der Waals surface area contributed by atoms with Gasteiger partial charge in [-0.3, -0.25) is 0 Å². The molecule has 0 spiro atoms. The Morgan fingerprint density at radius 2 is 1.09 bits per heavy atom. The van der Waals surface area contributed by atoms with Gasteiger partial charge >= 0.3 is 0 Å². The average molecular weight is 442 g/mol. The first-order valence-electron chi connectivity index (χ1n) is 12.9. The largest absolute Gasteiger partial charge is 0.478 e. The minimum atomic E-state index is 0.584. The number of ether oxygens (including phenoxy) is 2. The predicted molar refractivity (Wildman–Crippen MR) is 132 cm³/mol. The van der Waals surface area contributed by atoms with E-state index >= 15 is 0 Å². The highest BCUT2D eigenvalue weighted by Crippen LogP contribution is 2.19. The number of aromatic nitrogens is 3. The number of rotatable bonds is 19. The third-order valence-electron chi connectivity index (χ3n) is 5.67. The van der Waals surface area contributed by atoms with Gasteiger partial charge in [-0.1, -0.05) is 90.9 Å². The average Bonchev–Trinajstić information content (AvgIpc) is 2.83. The van der Waals surface area contributed by atoms with Gasteiger partial charge in [0, 0.05) is 23.9 Å². The summed E-state index contributed by atoms with van der Waals surface area (Å²) < 4.78 is 11.5. The van der Waals surface area contributed by atoms with E-state index in [0.717, 1.165) is 30.7 Å². The molecule has 0 saturated carbocycles. The molecule has 0 radical (unpaired) electrons. The highest BCUT2D eigenvalue weighted by molar-refractivity contribution is 5.57. The fourth-order valence-corrected chi connectivity index (χ4v) is 3.64. The number of hydrogen-bond acceptors (Lipinski definition) is 5. The van der Waals surface area contributed by atoms with Gasteiger partial charge in [0.1, 0.15) is 0 Å². The summed E-state index contributed by atoms with van der Waals surface area (Å²) in [5.74, 6) is 1.25. The monoisotopic (exact) mass is 441 g/mol. The highest BCUT2D eigenvalue weighted by atomic mass is 16.5. The zero-order valence-electron chi connectivity index (χ0n) is 20.4. The van der Waals surface area contributed by atoms with E-state index < -0.39 is 0 Å². The lowest BCUT2D eigenvalue weighted by atomic mass is 10.1. The molecule has 0 aromatic carbocycles. The first kappa shape index (κ1) is 26.1. The molecule has 0 aliphatic heterocycles. The van der Waals surface area contributed by atoms with Crippen molar-refractivity contribution in [3.63, 3.8) is 0 Å². The standard InChI is InChI=1S/C27H43N3O2/c1-3-5-7-9-11-12-14-15-21-31-26-19-17-24(23-28-26)25-18-20-27(30-29-25)32-22-16-13-10-8-6-4-2/h17-20,23H,3-16,21-22H2,1-2H3. The van der Waals surface area contributed by atoms with E-state index in [1.807, 2.05) is 24.3 Å². The minimum Gasteiger partial charge on any atom is -0.478 e. The molecule has 5 nitrogen and oxygen atoms in total. The molecule has 0 atom stereocenters. The van der Waals surface area contributed by atoms with E-state index in [2.05, 4.69) is 29.0 Å². The van der Waals surface area contributed by atoms with E-state index in [9.17, 15) is 0 Å². The molecule has 5 heteroatoms. The smallest absolute Gasteiger partial charge is 0.233 e. The number of hydrogen-bond donors (Lipinski definition) is 0. The second-order valence-corrected chi connectivity index (χ2v) is 8.58. The lowest BCUT2D eigenvalue weighted by Gasteiger charge is -2.07. The summed E-state index contributed by atoms with van der Waals surface area (Å²) in [4.78, 5) is 4.42. The van der Waals surface area contributed by atoms with Crippen LogP contribution in [-0.4, -0.2) is 28.4 Å². The van der Waals surface area contributed by atoms with Gasteiger partial charge in [-0.15, -0.1) is 10.2 Å². The lowest BCUT2D eigenvalue weighted by molar-refractivity contribution is 0.290. The maximum absolute atomic E-state index is 5.78. The molecule has 0 unspecified atom stereocenters. The number of unbranched alkanes of at least 4 members (excludes halogenated alkanes) is 12. The zero-order valence-corrected chi connectivity index (χ0v) is 20.4. The summed E-state index contributed by atoms with van der Waals surface area (Å²) >= 11 is 0. The molecule has 0 N–H and O–H groups in total. The van der Waals surface area contributed by atoms with Gasteiger partial charge < -0.3 is 9.47 Å². The summed E-state index contributed by atoms with van der Waals surface area (Å²) in [6, 6.07) is 7.70. The second-order valence-electron chi connectivity index (χ2n) is 8.58. The van der Waals surface area contributed by atoms with Crippen LogP contribution in [0.2, 0.25) is 0 Å². The molecule has 0 aliphatic carbocycles. The summed E-state index contributed by atoms with van der Waals surface area (Å²) in [5, 5.41) is 8.48. The normalized spacial score (nSPS) is 10.9. The van der Waals surface area contributed by atoms with Gasteiger partial charge in [-0.05, 0) is 25.0 Å². The Morgan fingerprint density at radius 1 is 0.562 bits per heavy atom. The van der Waals surface area contributed by atoms with E-state index in [0.29, 0.717) is 18.4 Å². The summed E-state index contributed by atoms with van der Waals surface area (Å²) in [6.45, 7) is 5.93. The molecular weight excluding hydrogens is 398 g/mol. The molecule has 2 rings (SSSR count). The Bertz CT molecular complexity index is 689. The molecule has 0 fully saturated rings. The van der Waals surface area contributed by atoms with Crippen LogP contribution in [0.1, 0.15) is 104 Å². The molecular formula is C27H43N3O2. The Morgan fingerprint density at radius 3 is 1.59 bits per heavy atom. The maximum Gasteiger partial charge on any atom is 0.233 e. The number of nitrogens with zero attached hydrogens (tertiary/aromatic N) is 3. The molecule has 0 bridgehead atoms. The van der Waals surface area contributed by atoms with Crippen molar-refractivity contribution in [2.75, 3.05) is 13.2 Å². The topological polar surface area (TPSA) is 57.1 Å². The predicted octanol–water partition coefficient (Wildman–Crippen LogP) is 7.80. The molecule has 178 valence electrons. The van der Waals surface area contributed by atoms with Crippen LogP contribution in [0.3, 0.4) is 0 Å². The molecule has 32 heavy (non-hydrogen) atoms. The van der Waals surface area contributed by atoms with E-state index in [1.165, 1.54) is 77.0 Å². The van der Waals surface area contributed by atoms with Crippen LogP contribution in [0.4, 0.5) is 0 Å². The summed E-state index contributed by atoms with van der Waals surface area (Å²) in [7, 11) is 0. The molecule has 2 aromatic heterocycles. The van der Waals surface area contributed by atoms with Crippen LogP contribution >= 0.6 is 0 Å². The zero-order chi connectivity index (χ0) is 22.7. The fourth-order valence-electron chi connectivity index (χ4n) is 3.64.